The van der Waals surface area contributed by atoms with E-state index in [-0.39, 0.29) is 0 Å². The lowest BCUT2D eigenvalue weighted by Crippen LogP contribution is -2.30. The third-order valence-electron chi connectivity index (χ3n) is 3.16. The number of hydrogen-bond donors (Lipinski definition) is 1. The molecule has 0 aromatic rings. The van der Waals surface area contributed by atoms with Gasteiger partial charge in [0.2, 0.25) is 0 Å². The molecule has 3 nitrogen and oxygen atoms in total. The van der Waals surface area contributed by atoms with Crippen LogP contribution in [0.15, 0.2) is 0 Å². The van der Waals surface area contributed by atoms with Crippen LogP contribution in [-0.4, -0.2) is 39.5 Å². The molecule has 0 heterocycles. The van der Waals surface area contributed by atoms with E-state index >= 15 is 0 Å². The van der Waals surface area contributed by atoms with Gasteiger partial charge in [0.1, 0.15) is 0 Å². The minimum atomic E-state index is 0.646. The van der Waals surface area contributed by atoms with E-state index in [1.807, 2.05) is 0 Å². The van der Waals surface area contributed by atoms with Crippen LogP contribution in [0.3, 0.4) is 0 Å². The summed E-state index contributed by atoms with van der Waals surface area (Å²) in [4.78, 5) is 0. The third kappa shape index (κ3) is 7.20. The predicted octanol–water partition coefficient (Wildman–Crippen LogP) is 2.21. The lowest BCUT2D eigenvalue weighted by molar-refractivity contribution is 0.0653. The van der Waals surface area contributed by atoms with Crippen LogP contribution < -0.4 is 5.32 Å². The summed E-state index contributed by atoms with van der Waals surface area (Å²) in [6.07, 6.45) is 6.76. The number of ether oxygens (including phenoxy) is 2. The van der Waals surface area contributed by atoms with Gasteiger partial charge in [-0.05, 0) is 31.7 Å². The second kappa shape index (κ2) is 8.97. The molecule has 16 heavy (non-hydrogen) atoms. The summed E-state index contributed by atoms with van der Waals surface area (Å²) in [6.45, 7) is 5.51. The van der Waals surface area contributed by atoms with Gasteiger partial charge in [0.05, 0.1) is 13.2 Å². The Morgan fingerprint density at radius 3 is 2.62 bits per heavy atom. The van der Waals surface area contributed by atoms with Gasteiger partial charge in [-0.3, -0.25) is 0 Å². The third-order valence-corrected chi connectivity index (χ3v) is 3.16. The van der Waals surface area contributed by atoms with Gasteiger partial charge in [0.25, 0.3) is 0 Å². The summed E-state index contributed by atoms with van der Waals surface area (Å²) < 4.78 is 10.5. The maximum Gasteiger partial charge on any atom is 0.0700 e. The van der Waals surface area contributed by atoms with Crippen LogP contribution in [0.2, 0.25) is 0 Å². The van der Waals surface area contributed by atoms with E-state index < -0.39 is 0 Å². The highest BCUT2D eigenvalue weighted by Crippen LogP contribution is 2.34. The smallest absolute Gasteiger partial charge is 0.0700 e. The average molecular weight is 229 g/mol. The van der Waals surface area contributed by atoms with Crippen molar-refractivity contribution in [3.63, 3.8) is 0 Å². The zero-order valence-corrected chi connectivity index (χ0v) is 10.8. The van der Waals surface area contributed by atoms with Crippen LogP contribution in [0.1, 0.15) is 39.0 Å². The molecule has 0 aromatic heterocycles. The van der Waals surface area contributed by atoms with E-state index in [2.05, 4.69) is 12.2 Å². The van der Waals surface area contributed by atoms with Crippen molar-refractivity contribution in [2.75, 3.05) is 33.5 Å². The molecule has 1 atom stereocenters. The number of hydrogen-bond acceptors (Lipinski definition) is 3. The first kappa shape index (κ1) is 13.9. The van der Waals surface area contributed by atoms with Crippen molar-refractivity contribution in [3.05, 3.63) is 0 Å². The molecule has 1 unspecified atom stereocenters. The average Bonchev–Trinajstić information content (AvgIpc) is 3.09. The summed E-state index contributed by atoms with van der Waals surface area (Å²) in [5, 5.41) is 3.55. The van der Waals surface area contributed by atoms with Gasteiger partial charge in [0.15, 0.2) is 0 Å². The Morgan fingerprint density at radius 1 is 1.19 bits per heavy atom. The molecule has 1 aliphatic rings. The number of methoxy groups -OCH3 is 1. The molecular formula is C13H27NO2. The first-order valence-electron chi connectivity index (χ1n) is 6.66. The van der Waals surface area contributed by atoms with Crippen molar-refractivity contribution >= 4 is 0 Å². The predicted molar refractivity (Wildman–Crippen MR) is 66.7 cm³/mol. The standard InChI is InChI=1S/C13H27NO2/c1-3-14-13(7-6-12-4-5-12)8-9-16-11-10-15-2/h12-14H,3-11H2,1-2H3. The van der Waals surface area contributed by atoms with E-state index in [0.717, 1.165) is 32.1 Å². The first-order chi connectivity index (χ1) is 7.86. The number of rotatable bonds is 11. The Balaban J connectivity index is 1.97. The van der Waals surface area contributed by atoms with Gasteiger partial charge < -0.3 is 14.8 Å². The maximum absolute atomic E-state index is 5.51. The molecule has 3 heteroatoms. The summed E-state index contributed by atoms with van der Waals surface area (Å²) in [7, 11) is 1.71. The summed E-state index contributed by atoms with van der Waals surface area (Å²) in [5.41, 5.74) is 0. The van der Waals surface area contributed by atoms with Crippen molar-refractivity contribution in [1.82, 2.24) is 5.32 Å². The second-order valence-electron chi connectivity index (χ2n) is 4.67. The summed E-state index contributed by atoms with van der Waals surface area (Å²) >= 11 is 0. The zero-order chi connectivity index (χ0) is 11.6. The molecular weight excluding hydrogens is 202 g/mol. The molecule has 96 valence electrons. The normalized spacial score (nSPS) is 17.6. The zero-order valence-electron chi connectivity index (χ0n) is 10.8. The minimum absolute atomic E-state index is 0.646. The fourth-order valence-electron chi connectivity index (χ4n) is 1.95. The molecule has 1 N–H and O–H groups in total. The quantitative estimate of drug-likeness (QED) is 0.551. The lowest BCUT2D eigenvalue weighted by Gasteiger charge is -2.17. The van der Waals surface area contributed by atoms with Gasteiger partial charge >= 0.3 is 0 Å². The van der Waals surface area contributed by atoms with Gasteiger partial charge in [-0.15, -0.1) is 0 Å². The van der Waals surface area contributed by atoms with Crippen LogP contribution in [0.25, 0.3) is 0 Å². The molecule has 1 saturated carbocycles. The van der Waals surface area contributed by atoms with Crippen LogP contribution in [0.5, 0.6) is 0 Å². The van der Waals surface area contributed by atoms with Gasteiger partial charge in [0, 0.05) is 19.8 Å². The first-order valence-corrected chi connectivity index (χ1v) is 6.66. The second-order valence-corrected chi connectivity index (χ2v) is 4.67. The van der Waals surface area contributed by atoms with E-state index in [0.29, 0.717) is 12.6 Å². The molecule has 0 saturated heterocycles. The van der Waals surface area contributed by atoms with E-state index in [4.69, 9.17) is 9.47 Å². The maximum atomic E-state index is 5.51. The molecule has 0 aliphatic heterocycles. The molecule has 0 aromatic carbocycles. The monoisotopic (exact) mass is 229 g/mol. The Morgan fingerprint density at radius 2 is 2.00 bits per heavy atom. The van der Waals surface area contributed by atoms with E-state index in [9.17, 15) is 0 Å². The summed E-state index contributed by atoms with van der Waals surface area (Å²) in [5.74, 6) is 1.04. The fourth-order valence-corrected chi connectivity index (χ4v) is 1.95. The molecule has 0 radical (unpaired) electrons. The largest absolute Gasteiger partial charge is 0.382 e. The van der Waals surface area contributed by atoms with Gasteiger partial charge in [-0.2, -0.15) is 0 Å². The van der Waals surface area contributed by atoms with E-state index in [1.165, 1.54) is 25.7 Å². The van der Waals surface area contributed by atoms with Gasteiger partial charge in [-0.25, -0.2) is 0 Å². The molecule has 1 aliphatic carbocycles. The lowest BCUT2D eigenvalue weighted by atomic mass is 10.1. The highest BCUT2D eigenvalue weighted by molar-refractivity contribution is 4.76. The molecule has 0 amide bonds. The fraction of sp³-hybridized carbons (Fsp3) is 1.00. The molecule has 1 rings (SSSR count). The van der Waals surface area contributed by atoms with E-state index in [1.54, 1.807) is 7.11 Å². The Bertz CT molecular complexity index is 160. The topological polar surface area (TPSA) is 30.5 Å². The van der Waals surface area contributed by atoms with Crippen molar-refractivity contribution in [1.29, 1.82) is 0 Å². The minimum Gasteiger partial charge on any atom is -0.382 e. The van der Waals surface area contributed by atoms with Crippen LogP contribution >= 0.6 is 0 Å². The van der Waals surface area contributed by atoms with Crippen LogP contribution in [0, 0.1) is 5.92 Å². The Kier molecular flexibility index (Phi) is 7.81. The van der Waals surface area contributed by atoms with Crippen molar-refractivity contribution in [3.8, 4) is 0 Å². The Labute approximate surface area is 99.9 Å². The Hall–Kier alpha value is -0.120. The van der Waals surface area contributed by atoms with Crippen molar-refractivity contribution < 1.29 is 9.47 Å². The highest BCUT2D eigenvalue weighted by atomic mass is 16.5. The summed E-state index contributed by atoms with van der Waals surface area (Å²) in [6, 6.07) is 0.646. The van der Waals surface area contributed by atoms with Crippen LogP contribution in [0.4, 0.5) is 0 Å². The van der Waals surface area contributed by atoms with Crippen LogP contribution in [-0.2, 0) is 9.47 Å². The molecule has 1 fully saturated rings. The molecule has 0 spiro atoms. The van der Waals surface area contributed by atoms with Crippen molar-refractivity contribution in [2.24, 2.45) is 5.92 Å². The molecule has 0 bridgehead atoms. The number of nitrogens with one attached hydrogen (secondary N) is 1. The van der Waals surface area contributed by atoms with Gasteiger partial charge in [-0.1, -0.05) is 19.8 Å². The van der Waals surface area contributed by atoms with Crippen molar-refractivity contribution in [2.45, 2.75) is 45.1 Å². The highest BCUT2D eigenvalue weighted by Gasteiger charge is 2.22. The SMILES string of the molecule is CCNC(CCOCCOC)CCC1CC1.